The molecule has 11 nitrogen and oxygen atoms in total. The number of aryl methyl sites for hydroxylation is 1. The van der Waals surface area contributed by atoms with Crippen LogP contribution < -0.4 is 39.1 Å². The van der Waals surface area contributed by atoms with Crippen molar-refractivity contribution in [2.75, 3.05) is 40.7 Å². The number of rotatable bonds is 4. The van der Waals surface area contributed by atoms with E-state index in [2.05, 4.69) is 15.5 Å². The number of carbonyl (C=O) groups is 2. The third-order valence-corrected chi connectivity index (χ3v) is 8.03. The zero-order valence-corrected chi connectivity index (χ0v) is 24.9. The third kappa shape index (κ3) is 6.94. The number of nitrogens with one attached hydrogen (secondary N) is 2. The van der Waals surface area contributed by atoms with E-state index in [1.54, 1.807) is 20.3 Å². The highest BCUT2D eigenvalue weighted by atomic mass is 16.7. The van der Waals surface area contributed by atoms with Gasteiger partial charge in [0.2, 0.25) is 18.4 Å². The van der Waals surface area contributed by atoms with E-state index >= 15 is 0 Å². The number of carbonyl (C=O) groups excluding carboxylic acids is 2. The van der Waals surface area contributed by atoms with Gasteiger partial charge in [0.1, 0.15) is 11.9 Å². The molecule has 44 heavy (non-hydrogen) atoms. The Bertz CT molecular complexity index is 1500. The van der Waals surface area contributed by atoms with Crippen molar-refractivity contribution in [2.24, 2.45) is 0 Å². The number of ether oxygens (including phenoxy) is 6. The summed E-state index contributed by atoms with van der Waals surface area (Å²) in [6.07, 6.45) is 1.33. The molecule has 0 unspecified atom stereocenters. The molecular weight excluding hydrogens is 566 g/mol. The van der Waals surface area contributed by atoms with Gasteiger partial charge in [-0.15, -0.1) is 0 Å². The summed E-state index contributed by atoms with van der Waals surface area (Å²) in [7, 11) is 3.16. The van der Waals surface area contributed by atoms with Gasteiger partial charge in [-0.05, 0) is 65.9 Å². The second-order valence-electron chi connectivity index (χ2n) is 11.1. The van der Waals surface area contributed by atoms with Gasteiger partial charge in [0.25, 0.3) is 5.91 Å². The second-order valence-corrected chi connectivity index (χ2v) is 11.1. The minimum atomic E-state index is -0.301. The van der Waals surface area contributed by atoms with Crippen molar-refractivity contribution in [3.05, 3.63) is 71.3 Å². The predicted molar refractivity (Wildman–Crippen MR) is 160 cm³/mol. The van der Waals surface area contributed by atoms with Crippen LogP contribution in [0.5, 0.6) is 34.5 Å². The van der Waals surface area contributed by atoms with E-state index < -0.39 is 0 Å². The van der Waals surface area contributed by atoms with Gasteiger partial charge in [0.05, 0.1) is 20.3 Å². The fourth-order valence-corrected chi connectivity index (χ4v) is 5.74. The topological polar surface area (TPSA) is 117 Å². The first-order valence-electron chi connectivity index (χ1n) is 14.8. The molecular formula is C33H37N3O8. The molecule has 2 amide bonds. The maximum atomic E-state index is 13.2. The van der Waals surface area contributed by atoms with Crippen molar-refractivity contribution in [3.8, 4) is 34.5 Å². The number of benzene rings is 3. The first kappa shape index (κ1) is 29.4. The number of fused-ring (bicyclic) bond motifs is 1. The first-order chi connectivity index (χ1) is 21.5. The second kappa shape index (κ2) is 13.3. The van der Waals surface area contributed by atoms with Gasteiger partial charge in [-0.2, -0.15) is 0 Å². The highest BCUT2D eigenvalue weighted by molar-refractivity contribution is 5.78. The molecule has 0 spiro atoms. The molecule has 2 N–H and O–H groups in total. The van der Waals surface area contributed by atoms with Crippen LogP contribution in [-0.4, -0.2) is 69.6 Å². The lowest BCUT2D eigenvalue weighted by atomic mass is 10.0. The van der Waals surface area contributed by atoms with Crippen molar-refractivity contribution in [1.29, 1.82) is 0 Å². The largest absolute Gasteiger partial charge is 0.493 e. The predicted octanol–water partition coefficient (Wildman–Crippen LogP) is 3.21. The van der Waals surface area contributed by atoms with Crippen LogP contribution in [-0.2, 0) is 29.1 Å². The van der Waals surface area contributed by atoms with Crippen LogP contribution >= 0.6 is 0 Å². The van der Waals surface area contributed by atoms with Crippen LogP contribution in [0.2, 0.25) is 0 Å². The maximum absolute atomic E-state index is 13.2. The number of amides is 2. The third-order valence-electron chi connectivity index (χ3n) is 8.03. The summed E-state index contributed by atoms with van der Waals surface area (Å²) in [6.45, 7) is 2.37. The standard InChI is InChI=1S/C33H37N3O8/c1-39-28-13-21-5-9-27(28)41-19-32(38)35-25-18-36(17-23-14-29(40-2)33-30(15-23)42-20-43-33)12-11-26(25)44-24-7-3-22(4-8-24)16-34-31(37)10-6-21/h3-5,7-9,13-15,25-26H,6,10-12,16-20H2,1-2H3,(H,34,37)(H,35,38)/t25-,26-/m1/s1. The minimum absolute atomic E-state index is 0.0375. The molecule has 2 atom stereocenters. The number of hydrogen-bond donors (Lipinski definition) is 2. The van der Waals surface area contributed by atoms with E-state index in [1.807, 2.05) is 48.5 Å². The van der Waals surface area contributed by atoms with E-state index in [0.717, 1.165) is 23.2 Å². The van der Waals surface area contributed by atoms with Crippen LogP contribution in [0, 0.1) is 0 Å². The maximum Gasteiger partial charge on any atom is 0.258 e. The Hall–Kier alpha value is -4.64. The Morgan fingerprint density at radius 2 is 1.68 bits per heavy atom. The fraction of sp³-hybridized carbons (Fsp3) is 0.394. The summed E-state index contributed by atoms with van der Waals surface area (Å²) in [5, 5.41) is 6.14. The smallest absolute Gasteiger partial charge is 0.258 e. The zero-order valence-electron chi connectivity index (χ0n) is 24.9. The Balaban J connectivity index is 1.21. The quantitative estimate of drug-likeness (QED) is 0.464. The summed E-state index contributed by atoms with van der Waals surface area (Å²) in [5.41, 5.74) is 2.93. The Kier molecular flexibility index (Phi) is 8.92. The molecule has 0 aromatic heterocycles. The lowest BCUT2D eigenvalue weighted by molar-refractivity contribution is -0.125. The van der Waals surface area contributed by atoms with Crippen molar-refractivity contribution < 1.29 is 38.0 Å². The lowest BCUT2D eigenvalue weighted by Crippen LogP contribution is -2.57. The van der Waals surface area contributed by atoms with Crippen LogP contribution in [0.4, 0.5) is 0 Å². The monoisotopic (exact) mass is 603 g/mol. The van der Waals surface area contributed by atoms with E-state index in [4.69, 9.17) is 28.4 Å². The van der Waals surface area contributed by atoms with Crippen LogP contribution in [0.25, 0.3) is 0 Å². The SMILES string of the molecule is COc1cc2ccc1OCC(=O)N[C@@H]1CN(Cc3cc(OC)c4c(c3)OCO4)CC[C@H]1Oc1ccc(cc1)CNC(=O)CC2. The molecule has 3 aromatic rings. The normalized spacial score (nSPS) is 20.5. The lowest BCUT2D eigenvalue weighted by Gasteiger charge is -2.39. The summed E-state index contributed by atoms with van der Waals surface area (Å²) in [4.78, 5) is 28.0. The molecule has 9 rings (SSSR count). The van der Waals surface area contributed by atoms with Gasteiger partial charge in [-0.1, -0.05) is 18.2 Å². The Labute approximate surface area is 256 Å². The van der Waals surface area contributed by atoms with Gasteiger partial charge in [0, 0.05) is 32.6 Å². The van der Waals surface area contributed by atoms with Crippen LogP contribution in [0.3, 0.4) is 0 Å². The van der Waals surface area contributed by atoms with Crippen molar-refractivity contribution in [2.45, 2.75) is 44.5 Å². The molecule has 0 saturated carbocycles. The number of nitrogens with zero attached hydrogens (tertiary/aromatic N) is 1. The highest BCUT2D eigenvalue weighted by Gasteiger charge is 2.33. The summed E-state index contributed by atoms with van der Waals surface area (Å²) < 4.78 is 34.5. The number of hydrogen-bond acceptors (Lipinski definition) is 9. The molecule has 1 fully saturated rings. The summed E-state index contributed by atoms with van der Waals surface area (Å²) in [5.74, 6) is 3.28. The van der Waals surface area contributed by atoms with Crippen molar-refractivity contribution in [1.82, 2.24) is 15.5 Å². The van der Waals surface area contributed by atoms with Crippen molar-refractivity contribution >= 4 is 11.8 Å². The van der Waals surface area contributed by atoms with Gasteiger partial charge in [-0.3, -0.25) is 14.5 Å². The van der Waals surface area contributed by atoms with Crippen LogP contribution in [0.1, 0.15) is 29.5 Å². The molecule has 3 aromatic carbocycles. The van der Waals surface area contributed by atoms with E-state index in [1.165, 1.54) is 0 Å². The van der Waals surface area contributed by atoms with Gasteiger partial charge in [-0.25, -0.2) is 0 Å². The van der Waals surface area contributed by atoms with E-state index in [0.29, 0.717) is 73.4 Å². The molecule has 0 radical (unpaired) electrons. The molecule has 1 saturated heterocycles. The van der Waals surface area contributed by atoms with Gasteiger partial charge in [0.15, 0.2) is 29.6 Å². The molecule has 6 aliphatic rings. The summed E-state index contributed by atoms with van der Waals surface area (Å²) >= 11 is 0. The van der Waals surface area contributed by atoms with Crippen LogP contribution in [0.15, 0.2) is 54.6 Å². The van der Waals surface area contributed by atoms with Crippen molar-refractivity contribution in [3.63, 3.8) is 0 Å². The molecule has 6 heterocycles. The number of methoxy groups -OCH3 is 2. The molecule has 11 heteroatoms. The molecule has 0 aliphatic carbocycles. The highest BCUT2D eigenvalue weighted by Crippen LogP contribution is 2.42. The van der Waals surface area contributed by atoms with E-state index in [9.17, 15) is 9.59 Å². The van der Waals surface area contributed by atoms with Gasteiger partial charge >= 0.3 is 0 Å². The first-order valence-corrected chi connectivity index (χ1v) is 14.8. The molecule has 6 aliphatic heterocycles. The molecule has 4 bridgehead atoms. The fourth-order valence-electron chi connectivity index (χ4n) is 5.74. The van der Waals surface area contributed by atoms with Gasteiger partial charge < -0.3 is 39.1 Å². The average Bonchev–Trinajstić information content (AvgIpc) is 3.52. The summed E-state index contributed by atoms with van der Waals surface area (Å²) in [6, 6.07) is 16.8. The zero-order chi connectivity index (χ0) is 30.5. The van der Waals surface area contributed by atoms with E-state index in [-0.39, 0.29) is 37.4 Å². The Morgan fingerprint density at radius 3 is 2.50 bits per heavy atom. The minimum Gasteiger partial charge on any atom is -0.493 e. The average molecular weight is 604 g/mol. The molecule has 232 valence electrons. The number of likely N-dealkylation sites (tertiary alicyclic amines) is 1. The number of piperidine rings is 1. The Morgan fingerprint density at radius 1 is 0.864 bits per heavy atom.